The molecule has 1 saturated carbocycles. The topological polar surface area (TPSA) is 89.2 Å². The molecule has 0 atom stereocenters. The van der Waals surface area contributed by atoms with Crippen molar-refractivity contribution in [2.75, 3.05) is 4.90 Å². The van der Waals surface area contributed by atoms with Gasteiger partial charge in [0.1, 0.15) is 17.2 Å². The zero-order valence-corrected chi connectivity index (χ0v) is 17.1. The minimum Gasteiger partial charge on any atom is -0.453 e. The van der Waals surface area contributed by atoms with Crippen LogP contribution in [-0.4, -0.2) is 17.6 Å². The summed E-state index contributed by atoms with van der Waals surface area (Å²) in [5, 5.41) is 0. The Kier molecular flexibility index (Phi) is 5.16. The third-order valence-corrected chi connectivity index (χ3v) is 5.76. The van der Waals surface area contributed by atoms with E-state index in [0.29, 0.717) is 10.2 Å². The lowest BCUT2D eigenvalue weighted by Gasteiger charge is -2.45. The van der Waals surface area contributed by atoms with Gasteiger partial charge in [-0.25, -0.2) is 13.8 Å². The number of aliphatic imine (C=N–C) groups is 2. The first kappa shape index (κ1) is 19.6. The molecular formula is C20H20BrF2N5O. The van der Waals surface area contributed by atoms with Gasteiger partial charge in [0.25, 0.3) is 0 Å². The molecule has 152 valence electrons. The molecule has 29 heavy (non-hydrogen) atoms. The number of anilines is 1. The monoisotopic (exact) mass is 463 g/mol. The summed E-state index contributed by atoms with van der Waals surface area (Å²) in [5.74, 6) is -0.662. The maximum atomic E-state index is 13.9. The van der Waals surface area contributed by atoms with Gasteiger partial charge >= 0.3 is 0 Å². The molecule has 0 saturated heterocycles. The highest BCUT2D eigenvalue weighted by Gasteiger charge is 2.42. The van der Waals surface area contributed by atoms with E-state index in [1.807, 2.05) is 11.0 Å². The van der Waals surface area contributed by atoms with E-state index in [9.17, 15) is 8.78 Å². The minimum absolute atomic E-state index is 0.0694. The minimum atomic E-state index is -0.778. The highest BCUT2D eigenvalue weighted by molar-refractivity contribution is 9.10. The van der Waals surface area contributed by atoms with Crippen molar-refractivity contribution in [3.63, 3.8) is 0 Å². The number of nitrogens with zero attached hydrogens (tertiary/aromatic N) is 3. The summed E-state index contributed by atoms with van der Waals surface area (Å²) in [6.45, 7) is 0. The molecular weight excluding hydrogens is 444 g/mol. The van der Waals surface area contributed by atoms with Crippen molar-refractivity contribution in [3.05, 3.63) is 52.5 Å². The van der Waals surface area contributed by atoms with Gasteiger partial charge in [0.2, 0.25) is 11.9 Å². The van der Waals surface area contributed by atoms with Crippen molar-refractivity contribution < 1.29 is 13.5 Å². The standard InChI is InChI=1S/C20H20BrF2N5O/c21-14-11-13(5-7-16(14)29-17-6-4-12(22)10-15(17)23)28-19(25)26-18(24)27-20(28)8-2-1-3-9-20/h4-7,10-11H,1-3,8-9H2,(H4,24,25,26,27). The SMILES string of the molecule is NC1=NC2(CCCCC2)N(c2ccc(Oc3ccc(F)cc3F)c(Br)c2)C(N)=N1. The van der Waals surface area contributed by atoms with Crippen molar-refractivity contribution in [2.24, 2.45) is 21.5 Å². The third-order valence-electron chi connectivity index (χ3n) is 5.14. The van der Waals surface area contributed by atoms with Crippen LogP contribution in [0.25, 0.3) is 0 Å². The quantitative estimate of drug-likeness (QED) is 0.694. The predicted octanol–water partition coefficient (Wildman–Crippen LogP) is 4.63. The smallest absolute Gasteiger partial charge is 0.220 e. The third kappa shape index (κ3) is 3.78. The Morgan fingerprint density at radius 3 is 2.41 bits per heavy atom. The maximum absolute atomic E-state index is 13.9. The van der Waals surface area contributed by atoms with Crippen LogP contribution in [0.4, 0.5) is 14.5 Å². The van der Waals surface area contributed by atoms with Gasteiger partial charge in [-0.1, -0.05) is 6.42 Å². The van der Waals surface area contributed by atoms with Crippen LogP contribution in [0.3, 0.4) is 0 Å². The van der Waals surface area contributed by atoms with Crippen molar-refractivity contribution in [1.29, 1.82) is 0 Å². The summed E-state index contributed by atoms with van der Waals surface area (Å²) in [5.41, 5.74) is 12.3. The molecule has 2 aromatic carbocycles. The van der Waals surface area contributed by atoms with E-state index >= 15 is 0 Å². The van der Waals surface area contributed by atoms with Crippen LogP contribution in [0.2, 0.25) is 0 Å². The lowest BCUT2D eigenvalue weighted by atomic mass is 9.87. The van der Waals surface area contributed by atoms with E-state index in [2.05, 4.69) is 25.9 Å². The second kappa shape index (κ2) is 7.62. The van der Waals surface area contributed by atoms with Crippen molar-refractivity contribution in [3.8, 4) is 11.5 Å². The number of benzene rings is 2. The van der Waals surface area contributed by atoms with Crippen LogP contribution in [0.5, 0.6) is 11.5 Å². The predicted molar refractivity (Wildman–Crippen MR) is 112 cm³/mol. The van der Waals surface area contributed by atoms with Gasteiger partial charge in [-0.15, -0.1) is 0 Å². The molecule has 9 heteroatoms. The Bertz CT molecular complexity index is 1000. The van der Waals surface area contributed by atoms with Gasteiger partial charge in [-0.2, -0.15) is 4.99 Å². The zero-order chi connectivity index (χ0) is 20.6. The van der Waals surface area contributed by atoms with Crippen LogP contribution >= 0.6 is 15.9 Å². The first-order valence-electron chi connectivity index (χ1n) is 9.30. The van der Waals surface area contributed by atoms with E-state index in [1.165, 1.54) is 6.07 Å². The second-order valence-corrected chi connectivity index (χ2v) is 7.96. The number of hydrogen-bond acceptors (Lipinski definition) is 6. The zero-order valence-electron chi connectivity index (χ0n) is 15.5. The van der Waals surface area contributed by atoms with Crippen LogP contribution in [0, 0.1) is 11.6 Å². The molecule has 0 radical (unpaired) electrons. The molecule has 4 rings (SSSR count). The molecule has 1 spiro atoms. The average Bonchev–Trinajstić information content (AvgIpc) is 2.65. The van der Waals surface area contributed by atoms with Crippen molar-refractivity contribution in [1.82, 2.24) is 0 Å². The van der Waals surface area contributed by atoms with Crippen molar-refractivity contribution in [2.45, 2.75) is 37.8 Å². The Balaban J connectivity index is 1.67. The summed E-state index contributed by atoms with van der Waals surface area (Å²) in [6.07, 6.45) is 4.82. The Labute approximate surface area is 175 Å². The number of halogens is 3. The fraction of sp³-hybridized carbons (Fsp3) is 0.300. The van der Waals surface area contributed by atoms with Crippen LogP contribution in [0.15, 0.2) is 50.9 Å². The normalized spacial score (nSPS) is 18.4. The summed E-state index contributed by atoms with van der Waals surface area (Å²) >= 11 is 3.47. The number of hydrogen-bond donors (Lipinski definition) is 2. The largest absolute Gasteiger partial charge is 0.453 e. The molecule has 0 aromatic heterocycles. The highest BCUT2D eigenvalue weighted by Crippen LogP contribution is 2.42. The molecule has 0 unspecified atom stereocenters. The van der Waals surface area contributed by atoms with Crippen LogP contribution in [-0.2, 0) is 0 Å². The molecule has 0 amide bonds. The molecule has 2 aromatic rings. The number of ether oxygens (including phenoxy) is 1. The van der Waals surface area contributed by atoms with Gasteiger partial charge in [-0.3, -0.25) is 4.90 Å². The van der Waals surface area contributed by atoms with Gasteiger partial charge in [0.15, 0.2) is 11.6 Å². The average molecular weight is 464 g/mol. The van der Waals surface area contributed by atoms with Gasteiger partial charge in [0, 0.05) is 11.8 Å². The first-order chi connectivity index (χ1) is 13.9. The summed E-state index contributed by atoms with van der Waals surface area (Å²) in [7, 11) is 0. The number of nitrogens with two attached hydrogens (primary N) is 2. The molecule has 1 aliphatic carbocycles. The van der Waals surface area contributed by atoms with Gasteiger partial charge in [0.05, 0.1) is 4.47 Å². The molecule has 1 heterocycles. The van der Waals surface area contributed by atoms with Crippen molar-refractivity contribution >= 4 is 33.5 Å². The summed E-state index contributed by atoms with van der Waals surface area (Å²) in [4.78, 5) is 10.7. The van der Waals surface area contributed by atoms with Gasteiger partial charge < -0.3 is 16.2 Å². The maximum Gasteiger partial charge on any atom is 0.220 e. The first-order valence-corrected chi connectivity index (χ1v) is 10.1. The highest BCUT2D eigenvalue weighted by atomic mass is 79.9. The lowest BCUT2D eigenvalue weighted by molar-refractivity contribution is 0.305. The summed E-state index contributed by atoms with van der Waals surface area (Å²) in [6, 6.07) is 8.46. The molecule has 2 aliphatic rings. The molecule has 0 bridgehead atoms. The fourth-order valence-electron chi connectivity index (χ4n) is 3.88. The van der Waals surface area contributed by atoms with E-state index < -0.39 is 17.3 Å². The van der Waals surface area contributed by atoms with Gasteiger partial charge in [-0.05, 0) is 71.9 Å². The van der Waals surface area contributed by atoms with E-state index in [-0.39, 0.29) is 17.7 Å². The molecule has 1 aliphatic heterocycles. The Hall–Kier alpha value is -2.68. The molecule has 1 fully saturated rings. The van der Waals surface area contributed by atoms with Crippen LogP contribution < -0.4 is 21.1 Å². The van der Waals surface area contributed by atoms with E-state index in [4.69, 9.17) is 16.2 Å². The lowest BCUT2D eigenvalue weighted by Crippen LogP contribution is -2.58. The Morgan fingerprint density at radius 2 is 1.72 bits per heavy atom. The number of rotatable bonds is 3. The molecule has 6 nitrogen and oxygen atoms in total. The molecule has 4 N–H and O–H groups in total. The van der Waals surface area contributed by atoms with E-state index in [0.717, 1.165) is 49.9 Å². The van der Waals surface area contributed by atoms with Crippen LogP contribution in [0.1, 0.15) is 32.1 Å². The second-order valence-electron chi connectivity index (χ2n) is 7.11. The van der Waals surface area contributed by atoms with E-state index in [1.54, 1.807) is 12.1 Å². The summed E-state index contributed by atoms with van der Waals surface area (Å²) < 4.78 is 33.2. The Morgan fingerprint density at radius 1 is 1.00 bits per heavy atom. The number of guanidine groups is 2. The fourth-order valence-corrected chi connectivity index (χ4v) is 4.33.